The van der Waals surface area contributed by atoms with Gasteiger partial charge < -0.3 is 9.84 Å². The summed E-state index contributed by atoms with van der Waals surface area (Å²) in [4.78, 5) is 21.7. The number of esters is 1. The van der Waals surface area contributed by atoms with Gasteiger partial charge in [0.15, 0.2) is 5.78 Å². The van der Waals surface area contributed by atoms with Crippen LogP contribution in [-0.2, 0) is 14.3 Å². The van der Waals surface area contributed by atoms with E-state index in [0.29, 0.717) is 0 Å². The smallest absolute Gasteiger partial charge is 0.313 e. The van der Waals surface area contributed by atoms with Gasteiger partial charge in [-0.2, -0.15) is 0 Å². The highest BCUT2D eigenvalue weighted by Crippen LogP contribution is 2.06. The zero-order valence-electron chi connectivity index (χ0n) is 7.59. The molecule has 0 radical (unpaired) electrons. The van der Waals surface area contributed by atoms with Gasteiger partial charge in [0.2, 0.25) is 0 Å². The maximum atomic E-state index is 11.0. The zero-order valence-corrected chi connectivity index (χ0v) is 7.59. The minimum atomic E-state index is -1.45. The number of ketones is 1. The van der Waals surface area contributed by atoms with Crippen LogP contribution in [0.1, 0.15) is 27.2 Å². The summed E-state index contributed by atoms with van der Waals surface area (Å²) in [6, 6.07) is 0. The Kier molecular flexibility index (Phi) is 3.89. The van der Waals surface area contributed by atoms with Crippen LogP contribution in [0.25, 0.3) is 0 Å². The number of aliphatic hydroxyl groups is 1. The number of hydrogen-bond acceptors (Lipinski definition) is 4. The highest BCUT2D eigenvalue weighted by atomic mass is 16.5. The zero-order chi connectivity index (χ0) is 9.78. The Morgan fingerprint density at radius 1 is 1.42 bits per heavy atom. The first-order valence-corrected chi connectivity index (χ1v) is 3.79. The largest absolute Gasteiger partial charge is 0.466 e. The van der Waals surface area contributed by atoms with Crippen molar-refractivity contribution in [2.24, 2.45) is 0 Å². The second kappa shape index (κ2) is 4.21. The normalized spacial score (nSPS) is 11.0. The molecule has 1 N–H and O–H groups in total. The van der Waals surface area contributed by atoms with Gasteiger partial charge >= 0.3 is 5.97 Å². The van der Waals surface area contributed by atoms with Crippen LogP contribution < -0.4 is 0 Å². The Hall–Kier alpha value is -0.900. The first-order valence-electron chi connectivity index (χ1n) is 3.79. The van der Waals surface area contributed by atoms with Gasteiger partial charge in [-0.25, -0.2) is 0 Å². The lowest BCUT2D eigenvalue weighted by molar-refractivity contribution is -0.149. The van der Waals surface area contributed by atoms with Crippen molar-refractivity contribution in [3.63, 3.8) is 0 Å². The average molecular weight is 174 g/mol. The molecule has 4 heteroatoms. The molecule has 0 aromatic heterocycles. The summed E-state index contributed by atoms with van der Waals surface area (Å²) in [5, 5.41) is 9.15. The monoisotopic (exact) mass is 174 g/mol. The number of carbonyl (C=O) groups is 2. The van der Waals surface area contributed by atoms with Crippen LogP contribution in [0.5, 0.6) is 0 Å². The Balaban J connectivity index is 3.94. The topological polar surface area (TPSA) is 63.6 Å². The van der Waals surface area contributed by atoms with Crippen molar-refractivity contribution in [2.75, 3.05) is 6.61 Å². The van der Waals surface area contributed by atoms with E-state index in [1.165, 1.54) is 13.8 Å². The lowest BCUT2D eigenvalue weighted by Gasteiger charge is -2.14. The molecule has 0 aromatic rings. The molecule has 0 aliphatic heterocycles. The van der Waals surface area contributed by atoms with E-state index in [4.69, 9.17) is 5.11 Å². The number of rotatable bonds is 4. The predicted octanol–water partition coefficient (Wildman–Crippen LogP) is 0.280. The minimum absolute atomic E-state index is 0.248. The quantitative estimate of drug-likeness (QED) is 0.491. The van der Waals surface area contributed by atoms with Gasteiger partial charge in [0.1, 0.15) is 12.0 Å². The molecule has 0 saturated heterocycles. The SMILES string of the molecule is CCOC(=O)CC(=O)C(C)(C)O. The van der Waals surface area contributed by atoms with Crippen molar-refractivity contribution in [3.05, 3.63) is 0 Å². The molecule has 0 spiro atoms. The number of hydrogen-bond donors (Lipinski definition) is 1. The van der Waals surface area contributed by atoms with Gasteiger partial charge in [-0.05, 0) is 20.8 Å². The van der Waals surface area contributed by atoms with Crippen molar-refractivity contribution in [1.82, 2.24) is 0 Å². The molecule has 0 aliphatic carbocycles. The van der Waals surface area contributed by atoms with Crippen LogP contribution in [0.3, 0.4) is 0 Å². The van der Waals surface area contributed by atoms with Crippen molar-refractivity contribution in [1.29, 1.82) is 0 Å². The van der Waals surface area contributed by atoms with Gasteiger partial charge in [0.05, 0.1) is 6.61 Å². The first-order chi connectivity index (χ1) is 5.38. The maximum absolute atomic E-state index is 11.0. The third kappa shape index (κ3) is 4.08. The molecule has 0 bridgehead atoms. The molecule has 0 unspecified atom stereocenters. The second-order valence-corrected chi connectivity index (χ2v) is 2.96. The number of ether oxygens (including phenoxy) is 1. The van der Waals surface area contributed by atoms with Crippen LogP contribution in [0, 0.1) is 0 Å². The van der Waals surface area contributed by atoms with Gasteiger partial charge in [-0.15, -0.1) is 0 Å². The minimum Gasteiger partial charge on any atom is -0.466 e. The van der Waals surface area contributed by atoms with Crippen molar-refractivity contribution < 1.29 is 19.4 Å². The molecular weight excluding hydrogens is 160 g/mol. The lowest BCUT2D eigenvalue weighted by atomic mass is 10.0. The van der Waals surface area contributed by atoms with Crippen LogP contribution in [0.2, 0.25) is 0 Å². The summed E-state index contributed by atoms with van der Waals surface area (Å²) in [7, 11) is 0. The van der Waals surface area contributed by atoms with E-state index in [1.54, 1.807) is 6.92 Å². The third-order valence-corrected chi connectivity index (χ3v) is 1.29. The van der Waals surface area contributed by atoms with Gasteiger partial charge in [-0.3, -0.25) is 9.59 Å². The predicted molar refractivity (Wildman–Crippen MR) is 42.6 cm³/mol. The summed E-state index contributed by atoms with van der Waals surface area (Å²) in [5.41, 5.74) is -1.45. The highest BCUT2D eigenvalue weighted by Gasteiger charge is 2.26. The average Bonchev–Trinajstić information content (AvgIpc) is 1.85. The Bertz CT molecular complexity index is 178. The van der Waals surface area contributed by atoms with Crippen molar-refractivity contribution >= 4 is 11.8 Å². The fourth-order valence-electron chi connectivity index (χ4n) is 0.559. The third-order valence-electron chi connectivity index (χ3n) is 1.29. The Morgan fingerprint density at radius 3 is 2.25 bits per heavy atom. The van der Waals surface area contributed by atoms with E-state index in [-0.39, 0.29) is 13.0 Å². The molecule has 70 valence electrons. The Morgan fingerprint density at radius 2 is 1.92 bits per heavy atom. The van der Waals surface area contributed by atoms with E-state index < -0.39 is 17.4 Å². The second-order valence-electron chi connectivity index (χ2n) is 2.96. The summed E-state index contributed by atoms with van der Waals surface area (Å²) >= 11 is 0. The molecule has 0 amide bonds. The highest BCUT2D eigenvalue weighted by molar-refractivity contribution is 5.99. The molecule has 0 aromatic carbocycles. The van der Waals surface area contributed by atoms with E-state index in [0.717, 1.165) is 0 Å². The van der Waals surface area contributed by atoms with Gasteiger partial charge in [-0.1, -0.05) is 0 Å². The molecule has 4 nitrogen and oxygen atoms in total. The van der Waals surface area contributed by atoms with E-state index in [9.17, 15) is 9.59 Å². The molecule has 12 heavy (non-hydrogen) atoms. The molecule has 0 fully saturated rings. The number of Topliss-reactive ketones (excluding diaryl/α,β-unsaturated/α-hetero) is 1. The van der Waals surface area contributed by atoms with Crippen LogP contribution in [-0.4, -0.2) is 29.1 Å². The van der Waals surface area contributed by atoms with Crippen molar-refractivity contribution in [2.45, 2.75) is 32.8 Å². The number of carbonyl (C=O) groups excluding carboxylic acids is 2. The van der Waals surface area contributed by atoms with E-state index in [2.05, 4.69) is 4.74 Å². The fraction of sp³-hybridized carbons (Fsp3) is 0.750. The van der Waals surface area contributed by atoms with E-state index in [1.807, 2.05) is 0 Å². The summed E-state index contributed by atoms with van der Waals surface area (Å²) in [6.07, 6.45) is -0.364. The Labute approximate surface area is 71.5 Å². The van der Waals surface area contributed by atoms with E-state index >= 15 is 0 Å². The lowest BCUT2D eigenvalue weighted by Crippen LogP contribution is -2.33. The molecular formula is C8H14O4. The summed E-state index contributed by atoms with van der Waals surface area (Å²) < 4.78 is 4.54. The summed E-state index contributed by atoms with van der Waals surface area (Å²) in [6.45, 7) is 4.59. The van der Waals surface area contributed by atoms with Gasteiger partial charge in [0.25, 0.3) is 0 Å². The molecule has 0 saturated carbocycles. The van der Waals surface area contributed by atoms with Crippen LogP contribution in [0.15, 0.2) is 0 Å². The molecule has 0 heterocycles. The van der Waals surface area contributed by atoms with Crippen molar-refractivity contribution in [3.8, 4) is 0 Å². The standard InChI is InChI=1S/C8H14O4/c1-4-12-7(10)5-6(9)8(2,3)11/h11H,4-5H2,1-3H3. The molecule has 0 rings (SSSR count). The fourth-order valence-corrected chi connectivity index (χ4v) is 0.559. The molecule has 0 atom stereocenters. The van der Waals surface area contributed by atoms with Gasteiger partial charge in [0, 0.05) is 0 Å². The van der Waals surface area contributed by atoms with Crippen LogP contribution >= 0.6 is 0 Å². The first kappa shape index (κ1) is 11.1. The summed E-state index contributed by atoms with van der Waals surface area (Å²) in [5.74, 6) is -1.12. The molecule has 0 aliphatic rings. The van der Waals surface area contributed by atoms with Crippen LogP contribution in [0.4, 0.5) is 0 Å². The maximum Gasteiger partial charge on any atom is 0.313 e.